The average Bonchev–Trinajstić information content (AvgIpc) is 2.76. The monoisotopic (exact) mass is 248 g/mol. The summed E-state index contributed by atoms with van der Waals surface area (Å²) in [6.07, 6.45) is 2.03. The van der Waals surface area contributed by atoms with Crippen LogP contribution in [0.4, 0.5) is 0 Å². The van der Waals surface area contributed by atoms with E-state index in [2.05, 4.69) is 34.9 Å². The van der Waals surface area contributed by atoms with Gasteiger partial charge in [0.1, 0.15) is 0 Å². The Morgan fingerprint density at radius 2 is 2.18 bits per heavy atom. The van der Waals surface area contributed by atoms with Gasteiger partial charge in [-0.2, -0.15) is 0 Å². The molecule has 4 heteroatoms. The van der Waals surface area contributed by atoms with E-state index < -0.39 is 0 Å². The molecule has 90 valence electrons. The summed E-state index contributed by atoms with van der Waals surface area (Å²) in [5.74, 6) is 1.19. The fourth-order valence-electron chi connectivity index (χ4n) is 2.47. The zero-order valence-electron chi connectivity index (χ0n) is 9.61. The number of thioether (sulfide) groups is 1. The van der Waals surface area contributed by atoms with Crippen LogP contribution in [0.25, 0.3) is 0 Å². The first kappa shape index (κ1) is 11.1. The summed E-state index contributed by atoms with van der Waals surface area (Å²) < 4.78 is 0. The second kappa shape index (κ2) is 4.70. The minimum Gasteiger partial charge on any atom is -0.355 e. The van der Waals surface area contributed by atoms with E-state index in [0.29, 0.717) is 6.04 Å². The van der Waals surface area contributed by atoms with Crippen molar-refractivity contribution < 1.29 is 4.79 Å². The zero-order valence-corrected chi connectivity index (χ0v) is 10.4. The van der Waals surface area contributed by atoms with Gasteiger partial charge in [0, 0.05) is 23.2 Å². The Bertz CT molecular complexity index is 435. The van der Waals surface area contributed by atoms with Crippen LogP contribution in [-0.2, 0) is 4.79 Å². The van der Waals surface area contributed by atoms with Crippen LogP contribution in [0.2, 0.25) is 0 Å². The lowest BCUT2D eigenvalue weighted by molar-refractivity contribution is -0.124. The fourth-order valence-corrected chi connectivity index (χ4v) is 3.65. The average molecular weight is 248 g/mol. The van der Waals surface area contributed by atoms with E-state index in [1.807, 2.05) is 11.8 Å². The quantitative estimate of drug-likeness (QED) is 0.837. The fraction of sp³-hybridized carbons (Fsp3) is 0.462. The number of nitrogens with one attached hydrogen (secondary N) is 2. The molecule has 0 aliphatic carbocycles. The van der Waals surface area contributed by atoms with Gasteiger partial charge in [-0.25, -0.2) is 0 Å². The highest BCUT2D eigenvalue weighted by Gasteiger charge is 2.29. The Hall–Kier alpha value is -1.00. The second-order valence-corrected chi connectivity index (χ2v) is 5.62. The molecular formula is C13H16N2OS. The molecule has 2 atom stereocenters. The zero-order chi connectivity index (χ0) is 11.7. The Labute approximate surface area is 105 Å². The predicted octanol–water partition coefficient (Wildman–Crippen LogP) is 1.70. The van der Waals surface area contributed by atoms with Crippen LogP contribution in [0.3, 0.4) is 0 Å². The van der Waals surface area contributed by atoms with Crippen LogP contribution in [0.1, 0.15) is 24.4 Å². The highest BCUT2D eigenvalue weighted by Crippen LogP contribution is 2.38. The van der Waals surface area contributed by atoms with Crippen LogP contribution >= 0.6 is 11.8 Å². The molecule has 0 spiro atoms. The molecule has 0 saturated carbocycles. The summed E-state index contributed by atoms with van der Waals surface area (Å²) >= 11 is 1.87. The number of benzene rings is 1. The molecule has 1 aromatic rings. The second-order valence-electron chi connectivity index (χ2n) is 4.55. The predicted molar refractivity (Wildman–Crippen MR) is 69.1 cm³/mol. The molecular weight excluding hydrogens is 232 g/mol. The maximum atomic E-state index is 11.7. The topological polar surface area (TPSA) is 41.1 Å². The highest BCUT2D eigenvalue weighted by molar-refractivity contribution is 7.99. The number of fused-ring (bicyclic) bond motifs is 1. The molecule has 0 bridgehead atoms. The summed E-state index contributed by atoms with van der Waals surface area (Å²) in [5, 5.41) is 6.41. The number of carbonyl (C=O) groups excluding carboxylic acids is 1. The van der Waals surface area contributed by atoms with E-state index >= 15 is 0 Å². The lowest BCUT2D eigenvalue weighted by Crippen LogP contribution is -2.49. The van der Waals surface area contributed by atoms with Crippen molar-refractivity contribution in [2.45, 2.75) is 29.8 Å². The molecule has 2 N–H and O–H groups in total. The molecule has 1 amide bonds. The van der Waals surface area contributed by atoms with Gasteiger partial charge in [-0.3, -0.25) is 10.1 Å². The lowest BCUT2D eigenvalue weighted by Gasteiger charge is -2.26. The molecule has 2 heterocycles. The van der Waals surface area contributed by atoms with E-state index in [0.717, 1.165) is 25.1 Å². The minimum atomic E-state index is -0.0134. The molecule has 1 fully saturated rings. The van der Waals surface area contributed by atoms with Gasteiger partial charge in [-0.1, -0.05) is 18.2 Å². The Morgan fingerprint density at radius 1 is 1.29 bits per heavy atom. The highest BCUT2D eigenvalue weighted by atomic mass is 32.2. The molecule has 3 rings (SSSR count). The van der Waals surface area contributed by atoms with E-state index in [4.69, 9.17) is 0 Å². The summed E-state index contributed by atoms with van der Waals surface area (Å²) in [6.45, 7) is 0.826. The summed E-state index contributed by atoms with van der Waals surface area (Å²) in [4.78, 5) is 13.1. The van der Waals surface area contributed by atoms with Crippen LogP contribution in [0.5, 0.6) is 0 Å². The van der Waals surface area contributed by atoms with Gasteiger partial charge in [0.15, 0.2) is 0 Å². The smallest absolute Gasteiger partial charge is 0.237 e. The van der Waals surface area contributed by atoms with E-state index in [9.17, 15) is 4.79 Å². The normalized spacial score (nSPS) is 27.6. The van der Waals surface area contributed by atoms with Gasteiger partial charge < -0.3 is 5.32 Å². The van der Waals surface area contributed by atoms with Gasteiger partial charge in [0.25, 0.3) is 0 Å². The van der Waals surface area contributed by atoms with Crippen LogP contribution in [-0.4, -0.2) is 24.2 Å². The van der Waals surface area contributed by atoms with Crippen molar-refractivity contribution in [3.8, 4) is 0 Å². The Balaban J connectivity index is 1.72. The Morgan fingerprint density at radius 3 is 3.06 bits per heavy atom. The van der Waals surface area contributed by atoms with Crippen molar-refractivity contribution in [1.82, 2.24) is 10.6 Å². The minimum absolute atomic E-state index is 0.0134. The van der Waals surface area contributed by atoms with Gasteiger partial charge >= 0.3 is 0 Å². The largest absolute Gasteiger partial charge is 0.355 e. The molecule has 2 aliphatic heterocycles. The first-order valence-corrected chi connectivity index (χ1v) is 7.08. The Kier molecular flexibility index (Phi) is 3.07. The van der Waals surface area contributed by atoms with Crippen molar-refractivity contribution in [3.63, 3.8) is 0 Å². The standard InChI is InChI=1S/C13H16N2OS/c16-13-10(5-3-7-14-13)15-11-8-17-12-6-2-1-4-9(11)12/h1-2,4,6,10-11,15H,3,5,7-8H2,(H,14,16). The number of hydrogen-bond donors (Lipinski definition) is 2. The van der Waals surface area contributed by atoms with Crippen LogP contribution in [0.15, 0.2) is 29.2 Å². The summed E-state index contributed by atoms with van der Waals surface area (Å²) in [6, 6.07) is 8.77. The van der Waals surface area contributed by atoms with E-state index in [-0.39, 0.29) is 11.9 Å². The van der Waals surface area contributed by atoms with E-state index in [1.165, 1.54) is 10.5 Å². The van der Waals surface area contributed by atoms with Crippen LogP contribution < -0.4 is 10.6 Å². The number of rotatable bonds is 2. The molecule has 2 aliphatic rings. The molecule has 0 radical (unpaired) electrons. The number of hydrogen-bond acceptors (Lipinski definition) is 3. The number of carbonyl (C=O) groups is 1. The molecule has 1 saturated heterocycles. The van der Waals surface area contributed by atoms with Crippen molar-refractivity contribution >= 4 is 17.7 Å². The summed E-state index contributed by atoms with van der Waals surface area (Å²) in [7, 11) is 0. The summed E-state index contributed by atoms with van der Waals surface area (Å²) in [5.41, 5.74) is 1.34. The number of amides is 1. The van der Waals surface area contributed by atoms with Crippen molar-refractivity contribution in [1.29, 1.82) is 0 Å². The maximum Gasteiger partial charge on any atom is 0.237 e. The van der Waals surface area contributed by atoms with E-state index in [1.54, 1.807) is 0 Å². The third-order valence-electron chi connectivity index (χ3n) is 3.39. The lowest BCUT2D eigenvalue weighted by atomic mass is 10.0. The van der Waals surface area contributed by atoms with Crippen molar-refractivity contribution in [2.24, 2.45) is 0 Å². The van der Waals surface area contributed by atoms with Gasteiger partial charge in [-0.15, -0.1) is 11.8 Å². The van der Waals surface area contributed by atoms with Crippen molar-refractivity contribution in [2.75, 3.05) is 12.3 Å². The first-order valence-electron chi connectivity index (χ1n) is 6.10. The van der Waals surface area contributed by atoms with Gasteiger partial charge in [-0.05, 0) is 24.5 Å². The molecule has 3 nitrogen and oxygen atoms in total. The molecule has 1 aromatic carbocycles. The number of piperidine rings is 1. The molecule has 2 unspecified atom stereocenters. The third kappa shape index (κ3) is 2.19. The maximum absolute atomic E-state index is 11.7. The molecule has 0 aromatic heterocycles. The van der Waals surface area contributed by atoms with Crippen molar-refractivity contribution in [3.05, 3.63) is 29.8 Å². The van der Waals surface area contributed by atoms with Crippen LogP contribution in [0, 0.1) is 0 Å². The molecule has 17 heavy (non-hydrogen) atoms. The van der Waals surface area contributed by atoms with Gasteiger partial charge in [0.05, 0.1) is 6.04 Å². The van der Waals surface area contributed by atoms with Gasteiger partial charge in [0.2, 0.25) is 5.91 Å². The SMILES string of the molecule is O=C1NCCCC1NC1CSc2ccccc21. The first-order chi connectivity index (χ1) is 8.34. The third-order valence-corrected chi connectivity index (χ3v) is 4.57.